The molecule has 0 saturated carbocycles. The molecule has 2 aromatic heterocycles. The van der Waals surface area contributed by atoms with Crippen LogP contribution in [0, 0.1) is 19.8 Å². The zero-order valence-corrected chi connectivity index (χ0v) is 43.8. The summed E-state index contributed by atoms with van der Waals surface area (Å²) in [6, 6.07) is 30.7. The van der Waals surface area contributed by atoms with Gasteiger partial charge in [-0.25, -0.2) is 4.98 Å². The van der Waals surface area contributed by atoms with Crippen LogP contribution in [0.2, 0.25) is 0 Å². The summed E-state index contributed by atoms with van der Waals surface area (Å²) in [5.74, 6) is 0.133. The third-order valence-corrected chi connectivity index (χ3v) is 12.6. The number of benzene rings is 7. The zero-order chi connectivity index (χ0) is 66.2. The Bertz CT molecular complexity index is 4250. The molecule has 9 rings (SSSR count). The van der Waals surface area contributed by atoms with Gasteiger partial charge in [-0.15, -0.1) is 29.3 Å². The third kappa shape index (κ3) is 10.1. The average molecular weight is 1130 g/mol. The molecule has 0 radical (unpaired) electrons. The summed E-state index contributed by atoms with van der Waals surface area (Å²) in [5, 5.41) is 12.5. The van der Waals surface area contributed by atoms with Crippen molar-refractivity contribution in [2.45, 2.75) is 118 Å². The number of fused-ring (bicyclic) bond motifs is 1. The van der Waals surface area contributed by atoms with Crippen molar-refractivity contribution in [3.63, 3.8) is 0 Å². The van der Waals surface area contributed by atoms with Crippen LogP contribution in [0.1, 0.15) is 142 Å². The molecule has 0 aliphatic rings. The topological polar surface area (TPSA) is 50.9 Å². The summed E-state index contributed by atoms with van der Waals surface area (Å²) >= 11 is 0. The van der Waals surface area contributed by atoms with Gasteiger partial charge in [0.25, 0.3) is 0 Å². The quantitative estimate of drug-likeness (QED) is 0.162. The van der Waals surface area contributed by atoms with Crippen molar-refractivity contribution >= 4 is 11.0 Å². The van der Waals surface area contributed by atoms with Crippen molar-refractivity contribution < 1.29 is 52.2 Å². The fourth-order valence-electron chi connectivity index (χ4n) is 8.97. The Hall–Kier alpha value is -6.35. The molecule has 2 heterocycles. The number of imidazole rings is 1. The molecule has 0 saturated heterocycles. The Kier molecular flexibility index (Phi) is 8.53. The molecule has 9 aromatic rings. The average Bonchev–Trinajstić information content (AvgIpc) is 0.747. The zero-order valence-electron chi connectivity index (χ0n) is 60.5. The van der Waals surface area contributed by atoms with Crippen molar-refractivity contribution in [3.05, 3.63) is 191 Å². The number of nitrogens with zero attached hydrogens (tertiary/aromatic N) is 3. The van der Waals surface area contributed by atoms with E-state index in [1.165, 1.54) is 0 Å². The van der Waals surface area contributed by atoms with Crippen molar-refractivity contribution in [2.75, 3.05) is 0 Å². The van der Waals surface area contributed by atoms with Crippen molar-refractivity contribution in [3.8, 4) is 78.6 Å². The molecule has 0 bridgehead atoms. The molecule has 0 aliphatic carbocycles. The second-order valence-corrected chi connectivity index (χ2v) is 21.1. The normalized spacial score (nSPS) is 16.9. The minimum atomic E-state index is -3.96. The molecule has 364 valence electrons. The summed E-state index contributed by atoms with van der Waals surface area (Å²) in [4.78, 5) is 9.74. The van der Waals surface area contributed by atoms with E-state index in [4.69, 9.17) is 22.8 Å². The maximum atomic E-state index is 12.5. The van der Waals surface area contributed by atoms with Crippen LogP contribution in [-0.4, -0.2) is 19.6 Å². The number of para-hydroxylation sites is 1. The van der Waals surface area contributed by atoms with Crippen LogP contribution >= 0.6 is 0 Å². The molecule has 0 amide bonds. The minimum Gasteiger partial charge on any atom is -0.507 e. The first-order chi connectivity index (χ1) is 40.9. The molecule has 0 aliphatic heterocycles. The van der Waals surface area contributed by atoms with Crippen LogP contribution in [0.3, 0.4) is 0 Å². The standard InChI is InChI=1S/C66H68N3O.Pt/c1-41-34-53(61(70)55(35-41)66(12,13)14)62-68-60-52(47-37-48(39-50(38-47)64(6,7)8)56-40-45(32-33-67-56)43-26-29-49(30-27-43)63(3,4)5)23-19-25-58(60)69(62)57-31-28-46(36-42(57)2)59-51(44-20-16-15-17-21-44)22-18-24-54(59)65(9,10)11;/h15-36,38-40,70H,1-14H3;/q-1;/i2D3,3D3,4D3,5D3,26D,27D,29D,30D,32D,33D,40D;. The Morgan fingerprint density at radius 2 is 1.28 bits per heavy atom. The number of aromatic nitrogens is 3. The van der Waals surface area contributed by atoms with Gasteiger partial charge >= 0.3 is 0 Å². The van der Waals surface area contributed by atoms with Gasteiger partial charge in [0.05, 0.1) is 31.9 Å². The molecule has 0 spiro atoms. The van der Waals surface area contributed by atoms with E-state index in [-0.39, 0.29) is 60.6 Å². The van der Waals surface area contributed by atoms with Crippen molar-refractivity contribution in [1.29, 1.82) is 0 Å². The molecular weight excluding hydrogens is 1050 g/mol. The van der Waals surface area contributed by atoms with E-state index in [1.807, 2.05) is 109 Å². The second kappa shape index (κ2) is 19.0. The van der Waals surface area contributed by atoms with E-state index in [2.05, 4.69) is 37.9 Å². The molecule has 1 N–H and O–H groups in total. The Morgan fingerprint density at radius 3 is 1.96 bits per heavy atom. The predicted octanol–water partition coefficient (Wildman–Crippen LogP) is 17.7. The maximum absolute atomic E-state index is 12.5. The van der Waals surface area contributed by atoms with Gasteiger partial charge in [-0.3, -0.25) is 9.55 Å². The predicted molar refractivity (Wildman–Crippen MR) is 296 cm³/mol. The summed E-state index contributed by atoms with van der Waals surface area (Å²) in [6.45, 7) is 5.31. The van der Waals surface area contributed by atoms with Crippen LogP contribution in [0.25, 0.3) is 83.9 Å². The molecular formula is C66H68N3OPt-. The van der Waals surface area contributed by atoms with Crippen LogP contribution in [0.15, 0.2) is 152 Å². The van der Waals surface area contributed by atoms with Crippen molar-refractivity contribution in [1.82, 2.24) is 14.5 Å². The van der Waals surface area contributed by atoms with Gasteiger partial charge in [-0.1, -0.05) is 197 Å². The van der Waals surface area contributed by atoms with Crippen LogP contribution < -0.4 is 0 Å². The Labute approximate surface area is 464 Å². The molecule has 0 atom stereocenters. The van der Waals surface area contributed by atoms with E-state index < -0.39 is 103 Å². The van der Waals surface area contributed by atoms with Crippen LogP contribution in [-0.2, 0) is 42.7 Å². The first kappa shape index (κ1) is 31.9. The molecule has 7 aromatic carbocycles. The van der Waals surface area contributed by atoms with Gasteiger partial charge in [0.15, 0.2) is 0 Å². The van der Waals surface area contributed by atoms with Gasteiger partial charge in [-0.05, 0) is 121 Å². The van der Waals surface area contributed by atoms with Gasteiger partial charge in [0.2, 0.25) is 0 Å². The Balaban J connectivity index is 0.0000105. The molecule has 5 heteroatoms. The summed E-state index contributed by atoms with van der Waals surface area (Å²) < 4.78 is 168. The van der Waals surface area contributed by atoms with Gasteiger partial charge < -0.3 is 5.11 Å². The third-order valence-electron chi connectivity index (χ3n) is 12.6. The van der Waals surface area contributed by atoms with E-state index in [0.717, 1.165) is 27.8 Å². The first-order valence-corrected chi connectivity index (χ1v) is 23.2. The molecule has 0 fully saturated rings. The summed E-state index contributed by atoms with van der Waals surface area (Å²) in [6.07, 6.45) is -0.794. The number of pyridine rings is 1. The fraction of sp³-hybridized carbons (Fsp3) is 0.273. The minimum absolute atomic E-state index is 0. The van der Waals surface area contributed by atoms with E-state index in [1.54, 1.807) is 47.0 Å². The van der Waals surface area contributed by atoms with E-state index in [0.29, 0.717) is 44.4 Å². The van der Waals surface area contributed by atoms with Gasteiger partial charge in [0.1, 0.15) is 11.6 Å². The maximum Gasteiger partial charge on any atom is 0.148 e. The summed E-state index contributed by atoms with van der Waals surface area (Å²) in [7, 11) is 0. The number of rotatable bonds is 7. The SMILES string of the molecule is [2H]c1nc(-c2[c-]c(-c3cccc4c3nc(-c3cc(C)cc(C(C)(C)C)c3O)n4-c3ccc(-c4c(-c5ccccc5)cccc4C(C)(C)C)cc3C([2H])([2H])[2H])cc(C(C)(C)C)c2)c([2H])c(-c2c([2H])c([2H])c(C(C([2H])([2H])[2H])(C([2H])([2H])[2H])C([2H])([2H])[2H])c([2H])c2[2H])c1[2H].[Pt]. The first-order valence-electron chi connectivity index (χ1n) is 32.7. The number of hydrogen-bond donors (Lipinski definition) is 1. The molecule has 71 heavy (non-hydrogen) atoms. The number of hydrogen-bond acceptors (Lipinski definition) is 3. The smallest absolute Gasteiger partial charge is 0.148 e. The molecule has 0 unspecified atom stereocenters. The van der Waals surface area contributed by atoms with E-state index in [9.17, 15) is 13.3 Å². The number of phenols is 1. The fourth-order valence-corrected chi connectivity index (χ4v) is 8.97. The number of aromatic hydroxyl groups is 1. The largest absolute Gasteiger partial charge is 0.507 e. The monoisotopic (exact) mass is 1130 g/mol. The number of aryl methyl sites for hydroxylation is 2. The second-order valence-electron chi connectivity index (χ2n) is 21.1. The molecule has 4 nitrogen and oxygen atoms in total. The summed E-state index contributed by atoms with van der Waals surface area (Å²) in [5.41, 5.74) is -0.225. The van der Waals surface area contributed by atoms with Crippen molar-refractivity contribution in [2.24, 2.45) is 0 Å². The van der Waals surface area contributed by atoms with Crippen LogP contribution in [0.5, 0.6) is 5.75 Å². The van der Waals surface area contributed by atoms with Crippen LogP contribution in [0.4, 0.5) is 0 Å². The Morgan fingerprint density at radius 1 is 0.592 bits per heavy atom. The number of phenolic OH excluding ortho intramolecular Hbond substituents is 1. The van der Waals surface area contributed by atoms with Gasteiger partial charge in [-0.2, -0.15) is 0 Å². The van der Waals surface area contributed by atoms with Gasteiger partial charge in [0, 0.05) is 54.9 Å². The van der Waals surface area contributed by atoms with E-state index >= 15 is 0 Å².